The van der Waals surface area contributed by atoms with Crippen LogP contribution in [0.1, 0.15) is 10.5 Å². The molecule has 2 heterocycles. The minimum Gasteiger partial charge on any atom is -0.477 e. The predicted octanol–water partition coefficient (Wildman–Crippen LogP) is -1.19. The topological polar surface area (TPSA) is 120 Å². The Kier molecular flexibility index (Phi) is 3.71. The Labute approximate surface area is 108 Å². The van der Waals surface area contributed by atoms with Gasteiger partial charge in [-0.15, -0.1) is 0 Å². The van der Waals surface area contributed by atoms with Crippen LogP contribution in [0.25, 0.3) is 0 Å². The number of hydrogen-bond donors (Lipinski definition) is 4. The number of anilines is 1. The maximum absolute atomic E-state index is 11.8. The lowest BCUT2D eigenvalue weighted by Crippen LogP contribution is -2.56. The molecule has 2 amide bonds. The number of carboxylic acids is 1. The highest BCUT2D eigenvalue weighted by atomic mass is 16.4. The van der Waals surface area contributed by atoms with Crippen molar-refractivity contribution in [3.8, 4) is 0 Å². The van der Waals surface area contributed by atoms with E-state index in [2.05, 4.69) is 20.9 Å². The van der Waals surface area contributed by atoms with Gasteiger partial charge in [0.25, 0.3) is 0 Å². The van der Waals surface area contributed by atoms with Gasteiger partial charge in [-0.2, -0.15) is 0 Å². The van der Waals surface area contributed by atoms with E-state index in [1.165, 1.54) is 18.3 Å². The Morgan fingerprint density at radius 1 is 1.42 bits per heavy atom. The van der Waals surface area contributed by atoms with E-state index in [0.29, 0.717) is 5.69 Å². The first-order valence-electron chi connectivity index (χ1n) is 5.56. The lowest BCUT2D eigenvalue weighted by atomic mass is 10.2. The number of amides is 2. The normalized spacial score (nSPS) is 18.5. The third-order valence-corrected chi connectivity index (χ3v) is 2.58. The Balaban J connectivity index is 1.95. The van der Waals surface area contributed by atoms with Crippen molar-refractivity contribution < 1.29 is 19.5 Å². The zero-order valence-electron chi connectivity index (χ0n) is 9.84. The molecule has 4 N–H and O–H groups in total. The zero-order valence-corrected chi connectivity index (χ0v) is 9.84. The Hall–Kier alpha value is -2.48. The van der Waals surface area contributed by atoms with Crippen LogP contribution in [0.4, 0.5) is 5.69 Å². The van der Waals surface area contributed by atoms with Crippen molar-refractivity contribution in [2.24, 2.45) is 0 Å². The van der Waals surface area contributed by atoms with Crippen LogP contribution in [0.15, 0.2) is 18.3 Å². The fraction of sp³-hybridized carbons (Fsp3) is 0.273. The van der Waals surface area contributed by atoms with Crippen LogP contribution in [0.2, 0.25) is 0 Å². The molecule has 100 valence electrons. The van der Waals surface area contributed by atoms with Gasteiger partial charge in [-0.3, -0.25) is 14.9 Å². The van der Waals surface area contributed by atoms with Crippen molar-refractivity contribution in [1.29, 1.82) is 0 Å². The molecule has 0 aromatic carbocycles. The van der Waals surface area contributed by atoms with E-state index < -0.39 is 12.0 Å². The van der Waals surface area contributed by atoms with Crippen LogP contribution in [0.5, 0.6) is 0 Å². The summed E-state index contributed by atoms with van der Waals surface area (Å²) < 4.78 is 0. The quantitative estimate of drug-likeness (QED) is 0.544. The molecule has 0 aliphatic carbocycles. The van der Waals surface area contributed by atoms with E-state index in [0.717, 1.165) is 0 Å². The van der Waals surface area contributed by atoms with Crippen molar-refractivity contribution in [3.05, 3.63) is 24.0 Å². The molecule has 1 fully saturated rings. The van der Waals surface area contributed by atoms with Crippen molar-refractivity contribution in [3.63, 3.8) is 0 Å². The molecule has 1 aliphatic heterocycles. The van der Waals surface area contributed by atoms with E-state index in [-0.39, 0.29) is 30.6 Å². The van der Waals surface area contributed by atoms with Gasteiger partial charge in [0.15, 0.2) is 0 Å². The number of nitrogens with zero attached hydrogens (tertiary/aromatic N) is 1. The van der Waals surface area contributed by atoms with Gasteiger partial charge in [0.05, 0.1) is 18.4 Å². The van der Waals surface area contributed by atoms with Gasteiger partial charge >= 0.3 is 5.97 Å². The number of pyridine rings is 1. The highest BCUT2D eigenvalue weighted by molar-refractivity contribution is 5.96. The number of aromatic nitrogens is 1. The minimum atomic E-state index is -1.13. The van der Waals surface area contributed by atoms with Crippen LogP contribution in [0, 0.1) is 0 Å². The molecule has 0 saturated carbocycles. The Morgan fingerprint density at radius 3 is 2.74 bits per heavy atom. The first kappa shape index (κ1) is 13.0. The molecule has 0 radical (unpaired) electrons. The highest BCUT2D eigenvalue weighted by Crippen LogP contribution is 2.07. The monoisotopic (exact) mass is 264 g/mol. The molecule has 8 heteroatoms. The van der Waals surface area contributed by atoms with Crippen molar-refractivity contribution >= 4 is 23.5 Å². The number of carbonyl (C=O) groups excluding carboxylic acids is 2. The zero-order chi connectivity index (χ0) is 13.8. The first-order valence-corrected chi connectivity index (χ1v) is 5.56. The fourth-order valence-electron chi connectivity index (χ4n) is 1.58. The third-order valence-electron chi connectivity index (χ3n) is 2.58. The lowest BCUT2D eigenvalue weighted by molar-refractivity contribution is -0.124. The fourth-order valence-corrected chi connectivity index (χ4v) is 1.58. The van der Waals surface area contributed by atoms with Crippen LogP contribution < -0.4 is 16.0 Å². The summed E-state index contributed by atoms with van der Waals surface area (Å²) in [5, 5.41) is 16.6. The second-order valence-corrected chi connectivity index (χ2v) is 3.96. The number of nitrogens with one attached hydrogen (secondary N) is 3. The molecule has 19 heavy (non-hydrogen) atoms. The highest BCUT2D eigenvalue weighted by Gasteiger charge is 2.23. The predicted molar refractivity (Wildman–Crippen MR) is 64.6 cm³/mol. The largest absolute Gasteiger partial charge is 0.477 e. The van der Waals surface area contributed by atoms with Gasteiger partial charge < -0.3 is 15.7 Å². The molecule has 1 aliphatic rings. The lowest BCUT2D eigenvalue weighted by Gasteiger charge is -2.23. The van der Waals surface area contributed by atoms with Crippen LogP contribution in [-0.4, -0.2) is 47.0 Å². The van der Waals surface area contributed by atoms with Gasteiger partial charge in [0.1, 0.15) is 11.7 Å². The SMILES string of the molecule is O=C1CNC(C(=O)Nc2ccc(C(=O)O)nc2)CN1. The Bertz CT molecular complexity index is 504. The molecule has 8 nitrogen and oxygen atoms in total. The molecular weight excluding hydrogens is 252 g/mol. The van der Waals surface area contributed by atoms with Gasteiger partial charge in [-0.05, 0) is 12.1 Å². The van der Waals surface area contributed by atoms with E-state index in [1.807, 2.05) is 0 Å². The molecule has 2 rings (SSSR count). The van der Waals surface area contributed by atoms with Gasteiger partial charge in [0.2, 0.25) is 11.8 Å². The summed E-state index contributed by atoms with van der Waals surface area (Å²) in [5.41, 5.74) is 0.301. The van der Waals surface area contributed by atoms with Crippen LogP contribution in [0.3, 0.4) is 0 Å². The average Bonchev–Trinajstić information content (AvgIpc) is 2.40. The number of aromatic carboxylic acids is 1. The van der Waals surface area contributed by atoms with Crippen molar-refractivity contribution in [2.45, 2.75) is 6.04 Å². The third kappa shape index (κ3) is 3.26. The van der Waals surface area contributed by atoms with E-state index >= 15 is 0 Å². The summed E-state index contributed by atoms with van der Waals surface area (Å²) >= 11 is 0. The van der Waals surface area contributed by atoms with E-state index in [4.69, 9.17) is 5.11 Å². The van der Waals surface area contributed by atoms with Crippen molar-refractivity contribution in [1.82, 2.24) is 15.6 Å². The smallest absolute Gasteiger partial charge is 0.354 e. The first-order chi connectivity index (χ1) is 9.06. The van der Waals surface area contributed by atoms with E-state index in [9.17, 15) is 14.4 Å². The number of piperazine rings is 1. The second-order valence-electron chi connectivity index (χ2n) is 3.96. The Morgan fingerprint density at radius 2 is 2.21 bits per heavy atom. The molecule has 1 saturated heterocycles. The molecule has 0 bridgehead atoms. The van der Waals surface area contributed by atoms with Gasteiger partial charge in [-0.1, -0.05) is 0 Å². The minimum absolute atomic E-state index is 0.0916. The van der Waals surface area contributed by atoms with Gasteiger partial charge in [0, 0.05) is 6.54 Å². The maximum Gasteiger partial charge on any atom is 0.354 e. The second kappa shape index (κ2) is 5.44. The average molecular weight is 264 g/mol. The molecule has 1 unspecified atom stereocenters. The molecule has 0 spiro atoms. The summed E-state index contributed by atoms with van der Waals surface area (Å²) in [6, 6.07) is 2.24. The standard InChI is InChI=1S/C11H12N4O4/c16-9-5-13-8(4-14-9)10(17)15-6-1-2-7(11(18)19)12-3-6/h1-3,8,13H,4-5H2,(H,14,16)(H,15,17)(H,18,19). The summed E-state index contributed by atoms with van der Waals surface area (Å²) in [5.74, 6) is -1.60. The number of hydrogen-bond acceptors (Lipinski definition) is 5. The summed E-state index contributed by atoms with van der Waals surface area (Å²) in [4.78, 5) is 37.0. The molecule has 1 atom stereocenters. The summed E-state index contributed by atoms with van der Waals surface area (Å²) in [7, 11) is 0. The molecule has 1 aromatic heterocycles. The molecular formula is C11H12N4O4. The summed E-state index contributed by atoms with van der Waals surface area (Å²) in [6.45, 7) is 0.305. The maximum atomic E-state index is 11.8. The van der Waals surface area contributed by atoms with E-state index in [1.54, 1.807) is 0 Å². The summed E-state index contributed by atoms with van der Waals surface area (Å²) in [6.07, 6.45) is 1.27. The van der Waals surface area contributed by atoms with Crippen molar-refractivity contribution in [2.75, 3.05) is 18.4 Å². The number of rotatable bonds is 3. The number of carbonyl (C=O) groups is 3. The molecule has 1 aromatic rings. The van der Waals surface area contributed by atoms with Crippen LogP contribution >= 0.6 is 0 Å². The van der Waals surface area contributed by atoms with Gasteiger partial charge in [-0.25, -0.2) is 9.78 Å². The van der Waals surface area contributed by atoms with Crippen LogP contribution in [-0.2, 0) is 9.59 Å². The number of carboxylic acid groups (broad SMARTS) is 1.